The van der Waals surface area contributed by atoms with E-state index in [1.807, 2.05) is 31.2 Å². The molecule has 3 aromatic carbocycles. The van der Waals surface area contributed by atoms with Crippen molar-refractivity contribution in [1.29, 1.82) is 0 Å². The van der Waals surface area contributed by atoms with Gasteiger partial charge >= 0.3 is 4.87 Å². The number of aromatic nitrogens is 1. The maximum atomic E-state index is 14.1. The molecule has 16 heteroatoms. The number of fused-ring (bicyclic) bond motifs is 9. The Morgan fingerprint density at radius 1 is 0.980 bits per heavy atom. The van der Waals surface area contributed by atoms with Crippen LogP contribution in [0.15, 0.2) is 85.9 Å². The Kier molecular flexibility index (Phi) is 8.65. The standard InChI is InChI=1S/C35H31BrN4O8S3/c1-2-47-24-13-16(3-12-23(24)48-15-25(41)38-18-6-10-20(11-7-18)51(37,45)46)26-27-21-14-22(30(27)49-32-31(26)50-35(44)39-32)29-28(21)33(42)40(34(29)43)19-8-4-17(36)5-9-19/h3-13,21-22,26-30H,2,14-15H2,1H3,(H,38,41)(H,39,44)(H2,37,45,46)/t21?,22?,26-,27?,28?,29?,30?/m1/s1. The van der Waals surface area contributed by atoms with Crippen LogP contribution in [0, 0.1) is 29.6 Å². The molecule has 2 aliphatic heterocycles. The number of nitrogens with two attached hydrogens (primary N) is 1. The number of nitrogens with zero attached hydrogens (tertiary/aromatic N) is 1. The maximum Gasteiger partial charge on any atom is 0.305 e. The van der Waals surface area contributed by atoms with Gasteiger partial charge in [0, 0.05) is 26.2 Å². The van der Waals surface area contributed by atoms with Gasteiger partial charge in [-0.05, 0) is 97.3 Å². The Bertz CT molecular complexity index is 2240. The highest BCUT2D eigenvalue weighted by Crippen LogP contribution is 2.68. The van der Waals surface area contributed by atoms with E-state index in [1.54, 1.807) is 30.0 Å². The van der Waals surface area contributed by atoms with Crippen LogP contribution in [0.2, 0.25) is 0 Å². The van der Waals surface area contributed by atoms with Crippen molar-refractivity contribution in [3.05, 3.63) is 91.3 Å². The summed E-state index contributed by atoms with van der Waals surface area (Å²) in [4.78, 5) is 58.5. The molecule has 2 bridgehead atoms. The van der Waals surface area contributed by atoms with Crippen molar-refractivity contribution in [1.82, 2.24) is 4.98 Å². The van der Waals surface area contributed by atoms with Crippen LogP contribution in [0.3, 0.4) is 0 Å². The number of thioether (sulfide) groups is 1. The number of halogens is 1. The molecule has 2 aliphatic carbocycles. The molecule has 4 N–H and O–H groups in total. The van der Waals surface area contributed by atoms with Gasteiger partial charge in [-0.2, -0.15) is 0 Å². The van der Waals surface area contributed by atoms with E-state index in [4.69, 9.17) is 14.6 Å². The van der Waals surface area contributed by atoms with Gasteiger partial charge in [0.1, 0.15) is 0 Å². The lowest BCUT2D eigenvalue weighted by atomic mass is 9.68. The molecule has 51 heavy (non-hydrogen) atoms. The molecule has 3 amide bonds. The first-order chi connectivity index (χ1) is 24.4. The Morgan fingerprint density at radius 2 is 1.69 bits per heavy atom. The van der Waals surface area contributed by atoms with Crippen LogP contribution >= 0.6 is 39.0 Å². The van der Waals surface area contributed by atoms with Gasteiger partial charge in [-0.3, -0.25) is 24.1 Å². The number of primary sulfonamides is 1. The summed E-state index contributed by atoms with van der Waals surface area (Å²) in [5.74, 6) is -1.15. The number of anilines is 2. The zero-order valence-electron chi connectivity index (χ0n) is 26.9. The van der Waals surface area contributed by atoms with Crippen LogP contribution in [0.1, 0.15) is 29.7 Å². The molecule has 12 nitrogen and oxygen atoms in total. The Morgan fingerprint density at radius 3 is 2.37 bits per heavy atom. The van der Waals surface area contributed by atoms with Gasteiger partial charge in [0.2, 0.25) is 21.8 Å². The number of nitrogens with one attached hydrogen (secondary N) is 2. The maximum absolute atomic E-state index is 14.1. The number of benzene rings is 3. The van der Waals surface area contributed by atoms with E-state index >= 15 is 0 Å². The van der Waals surface area contributed by atoms with Gasteiger partial charge < -0.3 is 19.8 Å². The van der Waals surface area contributed by atoms with E-state index in [2.05, 4.69) is 26.2 Å². The van der Waals surface area contributed by atoms with Crippen molar-refractivity contribution in [2.75, 3.05) is 23.4 Å². The largest absolute Gasteiger partial charge is 0.490 e. The van der Waals surface area contributed by atoms with Crippen LogP contribution in [0.4, 0.5) is 11.4 Å². The quantitative estimate of drug-likeness (QED) is 0.198. The van der Waals surface area contributed by atoms with E-state index in [9.17, 15) is 27.6 Å². The predicted molar refractivity (Wildman–Crippen MR) is 195 cm³/mol. The summed E-state index contributed by atoms with van der Waals surface area (Å²) in [6.07, 6.45) is 0.762. The third-order valence-electron chi connectivity index (χ3n) is 10.3. The molecule has 7 atom stereocenters. The number of aromatic amines is 1. The highest BCUT2D eigenvalue weighted by Gasteiger charge is 2.69. The van der Waals surface area contributed by atoms with Crippen LogP contribution in [0.5, 0.6) is 11.5 Å². The molecule has 0 radical (unpaired) electrons. The number of H-pyrrole nitrogens is 1. The molecule has 1 saturated heterocycles. The van der Waals surface area contributed by atoms with Gasteiger partial charge in [-0.15, -0.1) is 11.8 Å². The second-order valence-corrected chi connectivity index (χ2v) is 17.7. The van der Waals surface area contributed by atoms with Crippen LogP contribution < -0.4 is 29.7 Å². The minimum atomic E-state index is -3.86. The molecule has 1 aromatic heterocycles. The van der Waals surface area contributed by atoms with Gasteiger partial charge in [0.25, 0.3) is 5.91 Å². The number of imide groups is 1. The average Bonchev–Trinajstić information content (AvgIpc) is 3.83. The minimum Gasteiger partial charge on any atom is -0.490 e. The van der Waals surface area contributed by atoms with Crippen LogP contribution in [-0.2, 0) is 24.4 Å². The first-order valence-corrected chi connectivity index (χ1v) is 20.3. The summed E-state index contributed by atoms with van der Waals surface area (Å²) in [6, 6.07) is 18.2. The molecule has 264 valence electrons. The van der Waals surface area contributed by atoms with Gasteiger partial charge in [-0.25, -0.2) is 13.6 Å². The minimum absolute atomic E-state index is 0.00510. The lowest BCUT2D eigenvalue weighted by molar-refractivity contribution is -0.123. The Balaban J connectivity index is 1.07. The smallest absolute Gasteiger partial charge is 0.305 e. The molecule has 0 spiro atoms. The topological polar surface area (TPSA) is 178 Å². The molecular formula is C35H31BrN4O8S3. The summed E-state index contributed by atoms with van der Waals surface area (Å²) in [5, 5.41) is 8.64. The monoisotopic (exact) mass is 810 g/mol. The number of hydrogen-bond acceptors (Lipinski definition) is 10. The highest BCUT2D eigenvalue weighted by molar-refractivity contribution is 9.10. The lowest BCUT2D eigenvalue weighted by Gasteiger charge is -2.43. The number of sulfonamides is 1. The first-order valence-electron chi connectivity index (χ1n) is 16.3. The van der Waals surface area contributed by atoms with E-state index in [1.165, 1.54) is 40.5 Å². The lowest BCUT2D eigenvalue weighted by Crippen LogP contribution is -2.42. The zero-order chi connectivity index (χ0) is 35.8. The van der Waals surface area contributed by atoms with E-state index in [0.29, 0.717) is 29.5 Å². The number of carbonyl (C=O) groups excluding carboxylic acids is 3. The molecule has 3 fully saturated rings. The third-order valence-corrected chi connectivity index (χ3v) is 14.3. The molecule has 4 aliphatic rings. The number of rotatable bonds is 9. The number of ether oxygens (including phenoxy) is 2. The molecule has 3 heterocycles. The van der Waals surface area contributed by atoms with Crippen molar-refractivity contribution in [2.24, 2.45) is 34.7 Å². The number of thiazole rings is 1. The molecule has 4 aromatic rings. The van der Waals surface area contributed by atoms with Crippen molar-refractivity contribution in [3.63, 3.8) is 0 Å². The second-order valence-electron chi connectivity index (χ2n) is 13.0. The Labute approximate surface area is 309 Å². The number of hydrogen-bond donors (Lipinski definition) is 3. The van der Waals surface area contributed by atoms with Gasteiger partial charge in [0.05, 0.1) is 34.1 Å². The predicted octanol–water partition coefficient (Wildman–Crippen LogP) is 4.94. The summed E-state index contributed by atoms with van der Waals surface area (Å²) in [7, 11) is -3.86. The van der Waals surface area contributed by atoms with Gasteiger partial charge in [-0.1, -0.05) is 33.3 Å². The fourth-order valence-corrected chi connectivity index (χ4v) is 12.1. The summed E-state index contributed by atoms with van der Waals surface area (Å²) >= 11 is 6.23. The van der Waals surface area contributed by atoms with E-state index in [0.717, 1.165) is 26.4 Å². The normalized spacial score (nSPS) is 26.1. The fraction of sp³-hybridized carbons (Fsp3) is 0.314. The summed E-state index contributed by atoms with van der Waals surface area (Å²) < 4.78 is 35.8. The second kappa shape index (κ2) is 12.9. The molecule has 6 unspecified atom stereocenters. The van der Waals surface area contributed by atoms with Gasteiger partial charge in [0.15, 0.2) is 18.1 Å². The van der Waals surface area contributed by atoms with E-state index in [-0.39, 0.29) is 57.1 Å². The highest BCUT2D eigenvalue weighted by atomic mass is 79.9. The average molecular weight is 812 g/mol. The summed E-state index contributed by atoms with van der Waals surface area (Å²) in [6.45, 7) is 1.82. The first kappa shape index (κ1) is 34.1. The molecule has 2 saturated carbocycles. The van der Waals surface area contributed by atoms with Crippen LogP contribution in [-0.4, -0.2) is 49.6 Å². The van der Waals surface area contributed by atoms with Crippen molar-refractivity contribution < 1.29 is 32.3 Å². The van der Waals surface area contributed by atoms with Crippen molar-refractivity contribution >= 4 is 78.1 Å². The van der Waals surface area contributed by atoms with Crippen molar-refractivity contribution in [2.45, 2.75) is 34.4 Å². The number of amides is 3. The Hall–Kier alpha value is -3.96. The van der Waals surface area contributed by atoms with E-state index < -0.39 is 27.8 Å². The van der Waals surface area contributed by atoms with Crippen LogP contribution in [0.25, 0.3) is 0 Å². The molecule has 8 rings (SSSR count). The van der Waals surface area contributed by atoms with Crippen molar-refractivity contribution in [3.8, 4) is 11.5 Å². The zero-order valence-corrected chi connectivity index (χ0v) is 30.9. The summed E-state index contributed by atoms with van der Waals surface area (Å²) in [5.41, 5.74) is 1.84. The third kappa shape index (κ3) is 5.90. The SMILES string of the molecule is CCOc1cc([C@H]2c3sc(=O)[nH]c3SC3C4CC(C5C(=O)N(c6ccc(Br)cc6)C(=O)C45)C32)ccc1OCC(=O)Nc1ccc(S(N)(=O)=O)cc1. The number of carbonyl (C=O) groups is 3. The molecular weight excluding hydrogens is 781 g/mol. The fourth-order valence-electron chi connectivity index (χ4n) is 8.41.